The van der Waals surface area contributed by atoms with E-state index in [0.29, 0.717) is 5.41 Å². The summed E-state index contributed by atoms with van der Waals surface area (Å²) >= 11 is 0. The number of allylic oxidation sites excluding steroid dienone is 2. The molecule has 0 amide bonds. The van der Waals surface area contributed by atoms with Crippen LogP contribution < -0.4 is 5.32 Å². The fourth-order valence-corrected chi connectivity index (χ4v) is 1.68. The molecule has 0 fully saturated rings. The Hall–Kier alpha value is -0.790. The van der Waals surface area contributed by atoms with Gasteiger partial charge >= 0.3 is 0 Å². The molecule has 0 atom stereocenters. The monoisotopic (exact) mass is 166 g/mol. The Kier molecular flexibility index (Phi) is 2.55. The van der Waals surface area contributed by atoms with Gasteiger partial charge in [0.2, 0.25) is 0 Å². The highest BCUT2D eigenvalue weighted by molar-refractivity contribution is 5.96. The standard InChI is InChI=1S/C10H18N2/c1-10(2)6-8(11-3)5-9(7-10)12-4/h5,11H,6-7H2,1-4H3. The normalized spacial score (nSPS) is 25.3. The van der Waals surface area contributed by atoms with Crippen molar-refractivity contribution in [1.82, 2.24) is 5.32 Å². The molecule has 0 bridgehead atoms. The SMILES string of the molecule is CN=C1C=C(NC)CC(C)(C)C1. The number of hydrogen-bond acceptors (Lipinski definition) is 2. The Morgan fingerprint density at radius 3 is 2.58 bits per heavy atom. The minimum absolute atomic E-state index is 0.363. The second-order valence-electron chi connectivity index (χ2n) is 4.15. The van der Waals surface area contributed by atoms with Crippen molar-refractivity contribution in [3.63, 3.8) is 0 Å². The van der Waals surface area contributed by atoms with E-state index in [4.69, 9.17) is 0 Å². The maximum atomic E-state index is 4.24. The van der Waals surface area contributed by atoms with E-state index >= 15 is 0 Å². The fraction of sp³-hybridized carbons (Fsp3) is 0.700. The van der Waals surface area contributed by atoms with Gasteiger partial charge < -0.3 is 5.32 Å². The van der Waals surface area contributed by atoms with Crippen molar-refractivity contribution >= 4 is 5.71 Å². The van der Waals surface area contributed by atoms with Crippen LogP contribution >= 0.6 is 0 Å². The van der Waals surface area contributed by atoms with Gasteiger partial charge in [-0.05, 0) is 24.3 Å². The minimum atomic E-state index is 0.363. The summed E-state index contributed by atoms with van der Waals surface area (Å²) in [6, 6.07) is 0. The molecule has 0 saturated carbocycles. The molecule has 0 unspecified atom stereocenters. The Balaban J connectivity index is 2.86. The molecule has 1 aliphatic rings. The zero-order valence-electron chi connectivity index (χ0n) is 8.44. The number of hydrogen-bond donors (Lipinski definition) is 1. The molecule has 0 spiro atoms. The summed E-state index contributed by atoms with van der Waals surface area (Å²) in [4.78, 5) is 4.24. The lowest BCUT2D eigenvalue weighted by molar-refractivity contribution is 0.365. The Morgan fingerprint density at radius 2 is 2.08 bits per heavy atom. The van der Waals surface area contributed by atoms with E-state index in [1.807, 2.05) is 14.1 Å². The van der Waals surface area contributed by atoms with Gasteiger partial charge in [0, 0.05) is 25.5 Å². The van der Waals surface area contributed by atoms with E-state index in [2.05, 4.69) is 30.2 Å². The van der Waals surface area contributed by atoms with Gasteiger partial charge in [-0.25, -0.2) is 0 Å². The molecule has 0 aliphatic heterocycles. The van der Waals surface area contributed by atoms with E-state index < -0.39 is 0 Å². The zero-order chi connectivity index (χ0) is 9.19. The van der Waals surface area contributed by atoms with Crippen LogP contribution in [0.2, 0.25) is 0 Å². The predicted octanol–water partition coefficient (Wildman–Crippen LogP) is 1.98. The molecule has 2 heteroatoms. The number of rotatable bonds is 1. The van der Waals surface area contributed by atoms with Crippen LogP contribution in [0, 0.1) is 5.41 Å². The highest BCUT2D eigenvalue weighted by Gasteiger charge is 2.25. The Bertz CT molecular complexity index is 224. The summed E-state index contributed by atoms with van der Waals surface area (Å²) in [5.41, 5.74) is 2.87. The van der Waals surface area contributed by atoms with Crippen LogP contribution in [0.5, 0.6) is 0 Å². The van der Waals surface area contributed by atoms with Gasteiger partial charge in [0.15, 0.2) is 0 Å². The molecule has 0 aromatic carbocycles. The van der Waals surface area contributed by atoms with Crippen LogP contribution in [0.25, 0.3) is 0 Å². The van der Waals surface area contributed by atoms with Crippen molar-refractivity contribution in [2.75, 3.05) is 14.1 Å². The molecule has 0 saturated heterocycles. The lowest BCUT2D eigenvalue weighted by atomic mass is 9.78. The van der Waals surface area contributed by atoms with Crippen molar-refractivity contribution < 1.29 is 0 Å². The number of nitrogens with one attached hydrogen (secondary N) is 1. The van der Waals surface area contributed by atoms with Gasteiger partial charge in [-0.1, -0.05) is 13.8 Å². The lowest BCUT2D eigenvalue weighted by Crippen LogP contribution is -2.26. The Labute approximate surface area is 74.8 Å². The fourth-order valence-electron chi connectivity index (χ4n) is 1.68. The maximum Gasteiger partial charge on any atom is 0.0367 e. The van der Waals surface area contributed by atoms with Crippen molar-refractivity contribution in [2.45, 2.75) is 26.7 Å². The van der Waals surface area contributed by atoms with Gasteiger partial charge in [-0.15, -0.1) is 0 Å². The third-order valence-corrected chi connectivity index (χ3v) is 2.28. The first-order chi connectivity index (χ1) is 5.57. The largest absolute Gasteiger partial charge is 0.391 e. The summed E-state index contributed by atoms with van der Waals surface area (Å²) in [5.74, 6) is 0. The smallest absolute Gasteiger partial charge is 0.0367 e. The molecule has 2 nitrogen and oxygen atoms in total. The van der Waals surface area contributed by atoms with Gasteiger partial charge in [0.05, 0.1) is 0 Å². The summed E-state index contributed by atoms with van der Waals surface area (Å²) < 4.78 is 0. The van der Waals surface area contributed by atoms with Crippen molar-refractivity contribution in [3.8, 4) is 0 Å². The molecule has 0 heterocycles. The van der Waals surface area contributed by atoms with E-state index in [1.165, 1.54) is 11.4 Å². The predicted molar refractivity (Wildman–Crippen MR) is 53.5 cm³/mol. The van der Waals surface area contributed by atoms with Crippen LogP contribution in [0.1, 0.15) is 26.7 Å². The average Bonchev–Trinajstić information content (AvgIpc) is 2.01. The summed E-state index contributed by atoms with van der Waals surface area (Å²) in [6.45, 7) is 4.56. The Morgan fingerprint density at radius 1 is 1.42 bits per heavy atom. The second-order valence-corrected chi connectivity index (χ2v) is 4.15. The summed E-state index contributed by atoms with van der Waals surface area (Å²) in [7, 11) is 3.83. The van der Waals surface area contributed by atoms with Gasteiger partial charge in [-0.2, -0.15) is 0 Å². The third kappa shape index (κ3) is 2.10. The molecule has 0 aromatic rings. The number of nitrogens with zero attached hydrogens (tertiary/aromatic N) is 1. The molecule has 1 N–H and O–H groups in total. The average molecular weight is 166 g/mol. The molecular formula is C10H18N2. The van der Waals surface area contributed by atoms with E-state index in [1.54, 1.807) is 0 Å². The van der Waals surface area contributed by atoms with Crippen molar-refractivity contribution in [3.05, 3.63) is 11.8 Å². The first-order valence-corrected chi connectivity index (χ1v) is 4.41. The van der Waals surface area contributed by atoms with Gasteiger partial charge in [-0.3, -0.25) is 4.99 Å². The molecular weight excluding hydrogens is 148 g/mol. The van der Waals surface area contributed by atoms with Crippen molar-refractivity contribution in [1.29, 1.82) is 0 Å². The first-order valence-electron chi connectivity index (χ1n) is 4.41. The topological polar surface area (TPSA) is 24.4 Å². The lowest BCUT2D eigenvalue weighted by Gasteiger charge is -2.30. The molecule has 12 heavy (non-hydrogen) atoms. The quantitative estimate of drug-likeness (QED) is 0.633. The van der Waals surface area contributed by atoms with Crippen LogP contribution in [0.4, 0.5) is 0 Å². The van der Waals surface area contributed by atoms with Crippen LogP contribution in [-0.4, -0.2) is 19.8 Å². The molecule has 68 valence electrons. The maximum absolute atomic E-state index is 4.24. The molecule has 1 aliphatic carbocycles. The van der Waals surface area contributed by atoms with Crippen molar-refractivity contribution in [2.24, 2.45) is 10.4 Å². The van der Waals surface area contributed by atoms with E-state index in [0.717, 1.165) is 12.8 Å². The summed E-state index contributed by atoms with van der Waals surface area (Å²) in [5, 5.41) is 3.20. The zero-order valence-corrected chi connectivity index (χ0v) is 8.44. The second kappa shape index (κ2) is 3.30. The summed E-state index contributed by atoms with van der Waals surface area (Å²) in [6.07, 6.45) is 4.38. The van der Waals surface area contributed by atoms with Crippen LogP contribution in [-0.2, 0) is 0 Å². The third-order valence-electron chi connectivity index (χ3n) is 2.28. The highest BCUT2D eigenvalue weighted by atomic mass is 14.8. The number of aliphatic imine (C=N–C) groups is 1. The van der Waals surface area contributed by atoms with E-state index in [9.17, 15) is 0 Å². The molecule has 0 aromatic heterocycles. The van der Waals surface area contributed by atoms with Gasteiger partial charge in [0.25, 0.3) is 0 Å². The minimum Gasteiger partial charge on any atom is -0.391 e. The first kappa shape index (κ1) is 9.30. The highest BCUT2D eigenvalue weighted by Crippen LogP contribution is 2.32. The van der Waals surface area contributed by atoms with Gasteiger partial charge in [0.1, 0.15) is 0 Å². The molecule has 1 rings (SSSR count). The molecule has 0 radical (unpaired) electrons. The van der Waals surface area contributed by atoms with Crippen LogP contribution in [0.3, 0.4) is 0 Å². The van der Waals surface area contributed by atoms with E-state index in [-0.39, 0.29) is 0 Å². The van der Waals surface area contributed by atoms with Crippen LogP contribution in [0.15, 0.2) is 16.8 Å².